The van der Waals surface area contributed by atoms with Gasteiger partial charge in [-0.05, 0) is 46.1 Å². The van der Waals surface area contributed by atoms with Crippen LogP contribution in [0.3, 0.4) is 0 Å². The molecule has 2 N–H and O–H groups in total. The van der Waals surface area contributed by atoms with Crippen molar-refractivity contribution in [1.82, 2.24) is 5.32 Å². The number of aliphatic hydroxyl groups excluding tert-OH is 1. The van der Waals surface area contributed by atoms with Gasteiger partial charge < -0.3 is 15.2 Å². The minimum absolute atomic E-state index is 0.400. The van der Waals surface area contributed by atoms with Crippen LogP contribution in [0, 0.1) is 0 Å². The number of aliphatic hydroxyl groups is 1. The van der Waals surface area contributed by atoms with Crippen molar-refractivity contribution in [3.63, 3.8) is 0 Å². The minimum Gasteiger partial charge on any atom is -0.496 e. The summed E-state index contributed by atoms with van der Waals surface area (Å²) < 4.78 is 6.15. The molecular weight excluding hydrogens is 282 g/mol. The van der Waals surface area contributed by atoms with E-state index in [0.717, 1.165) is 21.3 Å². The molecule has 4 heteroatoms. The lowest BCUT2D eigenvalue weighted by atomic mass is 9.98. The molecule has 0 aromatic heterocycles. The number of rotatable bonds is 5. The van der Waals surface area contributed by atoms with Gasteiger partial charge in [-0.1, -0.05) is 19.9 Å². The van der Waals surface area contributed by atoms with Gasteiger partial charge in [-0.3, -0.25) is 0 Å². The van der Waals surface area contributed by atoms with E-state index in [2.05, 4.69) is 35.1 Å². The highest BCUT2D eigenvalue weighted by Gasteiger charge is 2.16. The smallest absolute Gasteiger partial charge is 0.133 e. The Labute approximate surface area is 111 Å². The average Bonchev–Trinajstić information content (AvgIpc) is 2.29. The van der Waals surface area contributed by atoms with E-state index in [1.807, 2.05) is 19.2 Å². The number of hydrogen-bond donors (Lipinski definition) is 2. The predicted molar refractivity (Wildman–Crippen MR) is 73.7 cm³/mol. The van der Waals surface area contributed by atoms with Crippen molar-refractivity contribution >= 4 is 15.9 Å². The van der Waals surface area contributed by atoms with Crippen LogP contribution in [0.2, 0.25) is 0 Å². The largest absolute Gasteiger partial charge is 0.496 e. The van der Waals surface area contributed by atoms with Crippen LogP contribution in [-0.2, 0) is 0 Å². The van der Waals surface area contributed by atoms with E-state index in [9.17, 15) is 5.11 Å². The Hall–Kier alpha value is -0.580. The van der Waals surface area contributed by atoms with E-state index in [1.54, 1.807) is 7.11 Å². The first-order valence-electron chi connectivity index (χ1n) is 5.71. The highest BCUT2D eigenvalue weighted by atomic mass is 79.9. The van der Waals surface area contributed by atoms with Gasteiger partial charge in [0.25, 0.3) is 0 Å². The van der Waals surface area contributed by atoms with Gasteiger partial charge in [0.15, 0.2) is 0 Å². The van der Waals surface area contributed by atoms with Crippen LogP contribution >= 0.6 is 15.9 Å². The van der Waals surface area contributed by atoms with Crippen LogP contribution < -0.4 is 10.1 Å². The third kappa shape index (κ3) is 3.44. The Kier molecular flexibility index (Phi) is 5.43. The van der Waals surface area contributed by atoms with Crippen LogP contribution in [-0.4, -0.2) is 25.8 Å². The normalized spacial score (nSPS) is 12.9. The zero-order chi connectivity index (χ0) is 13.0. The summed E-state index contributed by atoms with van der Waals surface area (Å²) in [5, 5.41) is 13.0. The highest BCUT2D eigenvalue weighted by Crippen LogP contribution is 2.35. The summed E-state index contributed by atoms with van der Waals surface area (Å²) in [6, 6.07) is 4.03. The Morgan fingerprint density at radius 2 is 2.06 bits per heavy atom. The second-order valence-corrected chi connectivity index (χ2v) is 5.15. The topological polar surface area (TPSA) is 41.5 Å². The van der Waals surface area contributed by atoms with Crippen molar-refractivity contribution in [1.29, 1.82) is 0 Å². The van der Waals surface area contributed by atoms with Crippen LogP contribution in [0.5, 0.6) is 5.75 Å². The van der Waals surface area contributed by atoms with Crippen molar-refractivity contribution in [3.8, 4) is 5.75 Å². The number of benzene rings is 1. The van der Waals surface area contributed by atoms with Gasteiger partial charge in [0.05, 0.1) is 17.7 Å². The van der Waals surface area contributed by atoms with Crippen LogP contribution in [0.15, 0.2) is 16.6 Å². The van der Waals surface area contributed by atoms with Crippen LogP contribution in [0.1, 0.15) is 37.0 Å². The van der Waals surface area contributed by atoms with E-state index >= 15 is 0 Å². The summed E-state index contributed by atoms with van der Waals surface area (Å²) in [5.74, 6) is 1.17. The molecule has 0 aliphatic heterocycles. The van der Waals surface area contributed by atoms with Crippen molar-refractivity contribution in [2.75, 3.05) is 20.7 Å². The number of halogens is 1. The van der Waals surface area contributed by atoms with Gasteiger partial charge in [-0.15, -0.1) is 0 Å². The summed E-state index contributed by atoms with van der Waals surface area (Å²) in [6.45, 7) is 4.76. The van der Waals surface area contributed by atoms with Gasteiger partial charge in [-0.2, -0.15) is 0 Å². The van der Waals surface area contributed by atoms with Gasteiger partial charge in [0.1, 0.15) is 5.75 Å². The third-order valence-electron chi connectivity index (χ3n) is 2.73. The zero-order valence-electron chi connectivity index (χ0n) is 10.7. The molecule has 0 aliphatic carbocycles. The third-order valence-corrected chi connectivity index (χ3v) is 3.58. The molecule has 0 amide bonds. The van der Waals surface area contributed by atoms with Crippen molar-refractivity contribution in [2.24, 2.45) is 0 Å². The fourth-order valence-corrected chi connectivity index (χ4v) is 2.32. The lowest BCUT2D eigenvalue weighted by Gasteiger charge is -2.18. The van der Waals surface area contributed by atoms with E-state index in [-0.39, 0.29) is 0 Å². The number of ether oxygens (including phenoxy) is 1. The fraction of sp³-hybridized carbons (Fsp3) is 0.538. The molecule has 1 atom stereocenters. The molecule has 0 aliphatic rings. The minimum atomic E-state index is -0.540. The highest BCUT2D eigenvalue weighted by molar-refractivity contribution is 9.10. The molecule has 0 heterocycles. The molecular formula is C13H20BrNO2. The Morgan fingerprint density at radius 1 is 1.41 bits per heavy atom. The molecule has 0 radical (unpaired) electrons. The number of likely N-dealkylation sites (N-methyl/N-ethyl adjacent to an activating group) is 1. The monoisotopic (exact) mass is 301 g/mol. The molecule has 3 nitrogen and oxygen atoms in total. The molecule has 1 aromatic rings. The lowest BCUT2D eigenvalue weighted by molar-refractivity contribution is 0.176. The first-order chi connectivity index (χ1) is 8.01. The molecule has 0 bridgehead atoms. The SMILES string of the molecule is CNCC(O)c1cc(C(C)C)cc(OC)c1Br. The number of hydrogen-bond acceptors (Lipinski definition) is 3. The zero-order valence-corrected chi connectivity index (χ0v) is 12.3. The van der Waals surface area contributed by atoms with E-state index in [4.69, 9.17) is 4.74 Å². The molecule has 0 saturated carbocycles. The number of methoxy groups -OCH3 is 1. The lowest BCUT2D eigenvalue weighted by Crippen LogP contribution is -2.17. The molecule has 1 aromatic carbocycles. The maximum absolute atomic E-state index is 10.1. The predicted octanol–water partition coefficient (Wildman–Crippen LogP) is 2.83. The molecule has 0 saturated heterocycles. The van der Waals surface area contributed by atoms with Crippen LogP contribution in [0.25, 0.3) is 0 Å². The van der Waals surface area contributed by atoms with Crippen molar-refractivity contribution in [2.45, 2.75) is 25.9 Å². The molecule has 1 unspecified atom stereocenters. The first kappa shape index (κ1) is 14.5. The Bertz CT molecular complexity index is 380. The molecule has 96 valence electrons. The summed E-state index contributed by atoms with van der Waals surface area (Å²) in [7, 11) is 3.46. The first-order valence-corrected chi connectivity index (χ1v) is 6.50. The fourth-order valence-electron chi connectivity index (χ4n) is 1.67. The molecule has 17 heavy (non-hydrogen) atoms. The Morgan fingerprint density at radius 3 is 2.53 bits per heavy atom. The average molecular weight is 302 g/mol. The second kappa shape index (κ2) is 6.38. The van der Waals surface area contributed by atoms with Crippen molar-refractivity contribution < 1.29 is 9.84 Å². The Balaban J connectivity index is 3.22. The molecule has 0 spiro atoms. The van der Waals surface area contributed by atoms with Gasteiger partial charge >= 0.3 is 0 Å². The van der Waals surface area contributed by atoms with E-state index in [0.29, 0.717) is 12.5 Å². The molecule has 1 rings (SSSR count). The van der Waals surface area contributed by atoms with E-state index < -0.39 is 6.10 Å². The van der Waals surface area contributed by atoms with Crippen molar-refractivity contribution in [3.05, 3.63) is 27.7 Å². The number of nitrogens with one attached hydrogen (secondary N) is 1. The molecule has 0 fully saturated rings. The summed E-state index contributed by atoms with van der Waals surface area (Å²) in [6.07, 6.45) is -0.540. The van der Waals surface area contributed by atoms with Gasteiger partial charge in [-0.25, -0.2) is 0 Å². The summed E-state index contributed by atoms with van der Waals surface area (Å²) in [4.78, 5) is 0. The van der Waals surface area contributed by atoms with Crippen LogP contribution in [0.4, 0.5) is 0 Å². The van der Waals surface area contributed by atoms with Gasteiger partial charge in [0.2, 0.25) is 0 Å². The summed E-state index contributed by atoms with van der Waals surface area (Å²) in [5.41, 5.74) is 2.03. The van der Waals surface area contributed by atoms with Gasteiger partial charge in [0, 0.05) is 6.54 Å². The standard InChI is InChI=1S/C13H20BrNO2/c1-8(2)9-5-10(11(16)7-15-3)13(14)12(6-9)17-4/h5-6,8,11,15-16H,7H2,1-4H3. The van der Waals surface area contributed by atoms with E-state index in [1.165, 1.54) is 0 Å². The summed E-state index contributed by atoms with van der Waals surface area (Å²) >= 11 is 3.48. The maximum atomic E-state index is 10.1. The second-order valence-electron chi connectivity index (χ2n) is 4.35. The maximum Gasteiger partial charge on any atom is 0.133 e. The quantitative estimate of drug-likeness (QED) is 0.879.